The molecule has 3 saturated heterocycles. The van der Waals surface area contributed by atoms with Crippen LogP contribution in [0.4, 0.5) is 0 Å². The quantitative estimate of drug-likeness (QED) is 0.377. The highest BCUT2D eigenvalue weighted by Crippen LogP contribution is 2.27. The molecule has 0 aromatic carbocycles. The highest BCUT2D eigenvalue weighted by molar-refractivity contribution is 5.93. The van der Waals surface area contributed by atoms with Crippen LogP contribution in [0.15, 0.2) is 0 Å². The second-order valence-corrected chi connectivity index (χ2v) is 7.02. The molecule has 4 amide bonds. The fraction of sp³-hybridized carbons (Fsp3) is 0.750. The number of aliphatic hydroxyl groups excluding tert-OH is 1. The van der Waals surface area contributed by atoms with Gasteiger partial charge in [-0.25, -0.2) is 5.48 Å². The van der Waals surface area contributed by atoms with Gasteiger partial charge in [0, 0.05) is 6.54 Å². The van der Waals surface area contributed by atoms with Gasteiger partial charge in [0.25, 0.3) is 5.91 Å². The molecule has 3 rings (SSSR count). The molecule has 27 heavy (non-hydrogen) atoms. The van der Waals surface area contributed by atoms with Crippen LogP contribution in [0, 0.1) is 0 Å². The highest BCUT2D eigenvalue weighted by atomic mass is 16.7. The number of carbonyl (C=O) groups is 4. The molecule has 3 aliphatic rings. The van der Waals surface area contributed by atoms with E-state index in [0.717, 1.165) is 6.42 Å². The molecule has 0 radical (unpaired) electrons. The van der Waals surface area contributed by atoms with E-state index in [4.69, 9.17) is 15.7 Å². The Labute approximate surface area is 156 Å². The number of primary amides is 1. The number of hydroxylamine groups is 1. The van der Waals surface area contributed by atoms with E-state index in [1.54, 1.807) is 0 Å². The van der Waals surface area contributed by atoms with Gasteiger partial charge in [-0.05, 0) is 32.2 Å². The predicted octanol–water partition coefficient (Wildman–Crippen LogP) is -3.17. The van der Waals surface area contributed by atoms with Crippen LogP contribution in [0.5, 0.6) is 0 Å². The summed E-state index contributed by atoms with van der Waals surface area (Å²) in [5, 5.41) is 11.6. The van der Waals surface area contributed by atoms with Crippen molar-refractivity contribution in [1.82, 2.24) is 20.6 Å². The van der Waals surface area contributed by atoms with Crippen molar-refractivity contribution in [3.8, 4) is 0 Å². The average molecular weight is 383 g/mol. The van der Waals surface area contributed by atoms with Gasteiger partial charge in [-0.2, -0.15) is 0 Å². The van der Waals surface area contributed by atoms with Crippen LogP contribution in [0.3, 0.4) is 0 Å². The predicted molar refractivity (Wildman–Crippen MR) is 90.6 cm³/mol. The number of carbonyl (C=O) groups excluding carboxylic acids is 4. The van der Waals surface area contributed by atoms with Crippen LogP contribution in [-0.4, -0.2) is 89.0 Å². The Morgan fingerprint density at radius 2 is 1.96 bits per heavy atom. The molecule has 11 heteroatoms. The van der Waals surface area contributed by atoms with E-state index in [1.165, 1.54) is 4.90 Å². The minimum Gasteiger partial charge on any atom is -0.394 e. The van der Waals surface area contributed by atoms with Crippen molar-refractivity contribution in [1.29, 1.82) is 0 Å². The number of amides is 4. The Kier molecular flexibility index (Phi) is 5.92. The van der Waals surface area contributed by atoms with Gasteiger partial charge in [0.05, 0.1) is 19.3 Å². The number of likely N-dealkylation sites (tertiary alicyclic amines) is 2. The molecule has 3 heterocycles. The Morgan fingerprint density at radius 3 is 2.59 bits per heavy atom. The lowest BCUT2D eigenvalue weighted by atomic mass is 10.1. The Bertz CT molecular complexity index is 628. The van der Waals surface area contributed by atoms with Crippen molar-refractivity contribution in [3.63, 3.8) is 0 Å². The fourth-order valence-electron chi connectivity index (χ4n) is 3.98. The first-order valence-corrected chi connectivity index (χ1v) is 9.12. The zero-order valence-electron chi connectivity index (χ0n) is 14.9. The standard InChI is InChI=1S/C16H25N5O6/c17-13(23)9(7-22)18-14(24)10-3-1-6-21(10)16(26)11-4-2-5-20(11)12-8-27-19-15(12)25/h9-12,22H,1-8H2,(H2,17,23)(H,18,24)(H,19,25). The summed E-state index contributed by atoms with van der Waals surface area (Å²) in [6.07, 6.45) is 2.51. The zero-order valence-corrected chi connectivity index (χ0v) is 14.9. The molecule has 0 aromatic heterocycles. The fourth-order valence-corrected chi connectivity index (χ4v) is 3.98. The van der Waals surface area contributed by atoms with Crippen LogP contribution in [0.25, 0.3) is 0 Å². The van der Waals surface area contributed by atoms with Crippen LogP contribution >= 0.6 is 0 Å². The molecule has 0 aliphatic carbocycles. The van der Waals surface area contributed by atoms with E-state index in [2.05, 4.69) is 10.8 Å². The van der Waals surface area contributed by atoms with Gasteiger partial charge in [-0.1, -0.05) is 0 Å². The summed E-state index contributed by atoms with van der Waals surface area (Å²) in [6, 6.07) is -2.90. The summed E-state index contributed by atoms with van der Waals surface area (Å²) in [4.78, 5) is 57.1. The largest absolute Gasteiger partial charge is 0.394 e. The molecule has 3 aliphatic heterocycles. The molecule has 4 unspecified atom stereocenters. The van der Waals surface area contributed by atoms with Gasteiger partial charge >= 0.3 is 0 Å². The molecule has 0 bridgehead atoms. The Morgan fingerprint density at radius 1 is 1.26 bits per heavy atom. The number of nitrogens with two attached hydrogens (primary N) is 1. The van der Waals surface area contributed by atoms with Crippen molar-refractivity contribution >= 4 is 23.6 Å². The second kappa shape index (κ2) is 8.19. The normalized spacial score (nSPS) is 29.6. The summed E-state index contributed by atoms with van der Waals surface area (Å²) in [5.74, 6) is -1.82. The van der Waals surface area contributed by atoms with Crippen molar-refractivity contribution in [2.24, 2.45) is 5.73 Å². The van der Waals surface area contributed by atoms with Crippen LogP contribution in [0.2, 0.25) is 0 Å². The topological polar surface area (TPSA) is 154 Å². The van der Waals surface area contributed by atoms with Gasteiger partial charge in [0.2, 0.25) is 17.7 Å². The molecule has 150 valence electrons. The minimum atomic E-state index is -1.18. The van der Waals surface area contributed by atoms with Gasteiger partial charge in [-0.3, -0.25) is 28.9 Å². The maximum atomic E-state index is 13.1. The lowest BCUT2D eigenvalue weighted by molar-refractivity contribution is -0.143. The van der Waals surface area contributed by atoms with Crippen LogP contribution < -0.4 is 16.5 Å². The second-order valence-electron chi connectivity index (χ2n) is 7.02. The summed E-state index contributed by atoms with van der Waals surface area (Å²) >= 11 is 0. The van der Waals surface area contributed by atoms with E-state index in [0.29, 0.717) is 32.4 Å². The number of nitrogens with one attached hydrogen (secondary N) is 2. The molecular weight excluding hydrogens is 358 g/mol. The molecule has 0 aromatic rings. The summed E-state index contributed by atoms with van der Waals surface area (Å²) in [5.41, 5.74) is 7.44. The summed E-state index contributed by atoms with van der Waals surface area (Å²) in [6.45, 7) is 0.615. The molecule has 0 spiro atoms. The third-order valence-corrected chi connectivity index (χ3v) is 5.38. The lowest BCUT2D eigenvalue weighted by Crippen LogP contribution is -2.57. The maximum Gasteiger partial charge on any atom is 0.263 e. The summed E-state index contributed by atoms with van der Waals surface area (Å²) < 4.78 is 0. The average Bonchev–Trinajstić information content (AvgIpc) is 3.37. The summed E-state index contributed by atoms with van der Waals surface area (Å²) in [7, 11) is 0. The van der Waals surface area contributed by atoms with Crippen molar-refractivity contribution < 1.29 is 29.1 Å². The van der Waals surface area contributed by atoms with Gasteiger partial charge in [0.15, 0.2) is 0 Å². The highest BCUT2D eigenvalue weighted by Gasteiger charge is 2.45. The molecule has 3 fully saturated rings. The zero-order chi connectivity index (χ0) is 19.6. The van der Waals surface area contributed by atoms with E-state index >= 15 is 0 Å². The minimum absolute atomic E-state index is 0.184. The van der Waals surface area contributed by atoms with Crippen molar-refractivity contribution in [3.05, 3.63) is 0 Å². The number of hydrogen-bond acceptors (Lipinski definition) is 7. The monoisotopic (exact) mass is 383 g/mol. The first kappa shape index (κ1) is 19.5. The van der Waals surface area contributed by atoms with Gasteiger partial charge in [-0.15, -0.1) is 0 Å². The van der Waals surface area contributed by atoms with Gasteiger partial charge < -0.3 is 21.1 Å². The van der Waals surface area contributed by atoms with Crippen molar-refractivity contribution in [2.75, 3.05) is 26.3 Å². The molecule has 5 N–H and O–H groups in total. The van der Waals surface area contributed by atoms with E-state index in [-0.39, 0.29) is 18.4 Å². The maximum absolute atomic E-state index is 13.1. The SMILES string of the molecule is NC(=O)C(CO)NC(=O)C1CCCN1C(=O)C1CCCN1C1CONC1=O. The number of nitrogens with zero attached hydrogens (tertiary/aromatic N) is 2. The lowest BCUT2D eigenvalue weighted by Gasteiger charge is -2.32. The molecule has 0 saturated carbocycles. The van der Waals surface area contributed by atoms with E-state index in [9.17, 15) is 19.2 Å². The van der Waals surface area contributed by atoms with Crippen LogP contribution in [0.1, 0.15) is 25.7 Å². The number of aliphatic hydroxyl groups is 1. The Hall–Kier alpha value is -2.24. The van der Waals surface area contributed by atoms with E-state index in [1.807, 2.05) is 4.90 Å². The molecular formula is C16H25N5O6. The first-order chi connectivity index (χ1) is 12.9. The number of rotatable bonds is 6. The third-order valence-electron chi connectivity index (χ3n) is 5.38. The Balaban J connectivity index is 1.68. The molecule has 11 nitrogen and oxygen atoms in total. The van der Waals surface area contributed by atoms with E-state index < -0.39 is 42.6 Å². The van der Waals surface area contributed by atoms with Crippen molar-refractivity contribution in [2.45, 2.75) is 49.9 Å². The smallest absolute Gasteiger partial charge is 0.263 e. The third kappa shape index (κ3) is 3.89. The van der Waals surface area contributed by atoms with Gasteiger partial charge in [0.1, 0.15) is 18.1 Å². The number of hydrogen-bond donors (Lipinski definition) is 4. The van der Waals surface area contributed by atoms with Crippen LogP contribution in [-0.2, 0) is 24.0 Å². The first-order valence-electron chi connectivity index (χ1n) is 9.12. The molecule has 4 atom stereocenters.